The van der Waals surface area contributed by atoms with Crippen LogP contribution in [0.2, 0.25) is 0 Å². The van der Waals surface area contributed by atoms with Gasteiger partial charge in [0.1, 0.15) is 5.69 Å². The van der Waals surface area contributed by atoms with E-state index in [0.29, 0.717) is 18.9 Å². The number of amides is 1. The Kier molecular flexibility index (Phi) is 7.07. The molecule has 1 fully saturated rings. The van der Waals surface area contributed by atoms with Gasteiger partial charge in [0.25, 0.3) is 5.91 Å². The van der Waals surface area contributed by atoms with Gasteiger partial charge >= 0.3 is 5.97 Å². The van der Waals surface area contributed by atoms with Crippen LogP contribution in [-0.2, 0) is 9.53 Å². The van der Waals surface area contributed by atoms with E-state index in [9.17, 15) is 9.59 Å². The zero-order valence-corrected chi connectivity index (χ0v) is 13.4. The first-order chi connectivity index (χ1) is 9.58. The predicted octanol–water partition coefficient (Wildman–Crippen LogP) is 1.97. The summed E-state index contributed by atoms with van der Waals surface area (Å²) in [6, 6.07) is 0.0395. The van der Waals surface area contributed by atoms with E-state index in [1.165, 1.54) is 11.3 Å². The average Bonchev–Trinajstić information content (AvgIpc) is 2.86. The number of aromatic nitrogens is 1. The first-order valence-corrected chi connectivity index (χ1v) is 7.48. The van der Waals surface area contributed by atoms with E-state index in [1.807, 2.05) is 6.92 Å². The molecule has 6 nitrogen and oxygen atoms in total. The summed E-state index contributed by atoms with van der Waals surface area (Å²) in [5, 5.41) is 11.4. The quantitative estimate of drug-likeness (QED) is 0.890. The Morgan fingerprint density at radius 3 is 2.67 bits per heavy atom. The molecule has 0 aromatic carbocycles. The minimum atomic E-state index is -0.899. The molecule has 0 saturated carbocycles. The summed E-state index contributed by atoms with van der Waals surface area (Å²) in [6.07, 6.45) is 1.44. The van der Waals surface area contributed by atoms with Gasteiger partial charge in [-0.05, 0) is 19.8 Å². The average molecular weight is 335 g/mol. The summed E-state index contributed by atoms with van der Waals surface area (Å²) in [7, 11) is 0. The molecule has 0 bridgehead atoms. The lowest BCUT2D eigenvalue weighted by atomic mass is 10.1. The maximum absolute atomic E-state index is 12.5. The highest BCUT2D eigenvalue weighted by molar-refractivity contribution is 7.09. The highest BCUT2D eigenvalue weighted by atomic mass is 35.5. The van der Waals surface area contributed by atoms with Crippen LogP contribution < -0.4 is 0 Å². The molecule has 0 radical (unpaired) electrons. The Bertz CT molecular complexity index is 488. The standard InChI is InChI=1S/C13H18N2O4S.ClH/c1-9-14-11(8-20-9)13(18)15(5-2-12(16)17)10-3-6-19-7-4-10;/h8,10H,2-7H2,1H3,(H,16,17);1H. The van der Waals surface area contributed by atoms with Crippen molar-refractivity contribution in [1.82, 2.24) is 9.88 Å². The number of hydrogen-bond donors (Lipinski definition) is 1. The molecule has 0 spiro atoms. The van der Waals surface area contributed by atoms with Crippen molar-refractivity contribution in [2.24, 2.45) is 0 Å². The second-order valence-corrected chi connectivity index (χ2v) is 5.80. The van der Waals surface area contributed by atoms with Crippen molar-refractivity contribution in [3.05, 3.63) is 16.1 Å². The van der Waals surface area contributed by atoms with Crippen molar-refractivity contribution >= 4 is 35.6 Å². The van der Waals surface area contributed by atoms with Crippen molar-refractivity contribution in [2.75, 3.05) is 19.8 Å². The van der Waals surface area contributed by atoms with Crippen LogP contribution >= 0.6 is 23.7 Å². The third kappa shape index (κ3) is 4.94. The van der Waals surface area contributed by atoms with Gasteiger partial charge in [-0.25, -0.2) is 4.98 Å². The number of hydrogen-bond acceptors (Lipinski definition) is 5. The Morgan fingerprint density at radius 2 is 2.14 bits per heavy atom. The van der Waals surface area contributed by atoms with Crippen molar-refractivity contribution in [3.8, 4) is 0 Å². The van der Waals surface area contributed by atoms with E-state index in [-0.39, 0.29) is 37.3 Å². The molecule has 118 valence electrons. The van der Waals surface area contributed by atoms with Gasteiger partial charge in [-0.1, -0.05) is 0 Å². The SMILES string of the molecule is Cc1nc(C(=O)N(CCC(=O)O)C2CCOCC2)cs1.Cl. The molecule has 1 amide bonds. The largest absolute Gasteiger partial charge is 0.481 e. The van der Waals surface area contributed by atoms with Crippen LogP contribution in [0.25, 0.3) is 0 Å². The molecule has 1 aromatic rings. The number of carboxylic acid groups (broad SMARTS) is 1. The number of ether oxygens (including phenoxy) is 1. The lowest BCUT2D eigenvalue weighted by molar-refractivity contribution is -0.137. The lowest BCUT2D eigenvalue weighted by Crippen LogP contribution is -2.44. The predicted molar refractivity (Wildman–Crippen MR) is 81.2 cm³/mol. The maximum Gasteiger partial charge on any atom is 0.305 e. The molecule has 8 heteroatoms. The van der Waals surface area contributed by atoms with Gasteiger partial charge in [0.05, 0.1) is 11.4 Å². The van der Waals surface area contributed by atoms with Crippen molar-refractivity contribution in [3.63, 3.8) is 0 Å². The van der Waals surface area contributed by atoms with Crippen molar-refractivity contribution in [1.29, 1.82) is 0 Å². The molecule has 1 aliphatic heterocycles. The summed E-state index contributed by atoms with van der Waals surface area (Å²) < 4.78 is 5.30. The smallest absolute Gasteiger partial charge is 0.305 e. The highest BCUT2D eigenvalue weighted by Gasteiger charge is 2.28. The molecular formula is C13H19ClN2O4S. The highest BCUT2D eigenvalue weighted by Crippen LogP contribution is 2.19. The van der Waals surface area contributed by atoms with E-state index in [0.717, 1.165) is 17.8 Å². The summed E-state index contributed by atoms with van der Waals surface area (Å²) in [5.74, 6) is -1.08. The van der Waals surface area contributed by atoms with Crippen LogP contribution in [0.5, 0.6) is 0 Å². The number of thiazole rings is 1. The summed E-state index contributed by atoms with van der Waals surface area (Å²) >= 11 is 1.42. The normalized spacial score (nSPS) is 15.3. The van der Waals surface area contributed by atoms with Crippen LogP contribution in [0.4, 0.5) is 0 Å². The molecule has 21 heavy (non-hydrogen) atoms. The molecule has 2 rings (SSSR count). The first-order valence-electron chi connectivity index (χ1n) is 6.60. The topological polar surface area (TPSA) is 79.7 Å². The number of halogens is 1. The van der Waals surface area contributed by atoms with E-state index >= 15 is 0 Å². The Morgan fingerprint density at radius 1 is 1.48 bits per heavy atom. The van der Waals surface area contributed by atoms with E-state index < -0.39 is 5.97 Å². The van der Waals surface area contributed by atoms with Crippen LogP contribution in [0.1, 0.15) is 34.8 Å². The molecular weight excluding hydrogens is 316 g/mol. The summed E-state index contributed by atoms with van der Waals surface area (Å²) in [4.78, 5) is 29.1. The van der Waals surface area contributed by atoms with E-state index in [4.69, 9.17) is 9.84 Å². The lowest BCUT2D eigenvalue weighted by Gasteiger charge is -2.33. The minimum Gasteiger partial charge on any atom is -0.481 e. The molecule has 0 unspecified atom stereocenters. The summed E-state index contributed by atoms with van der Waals surface area (Å²) in [5.41, 5.74) is 0.407. The number of aliphatic carboxylic acids is 1. The van der Waals surface area contributed by atoms with Gasteiger partial charge in [-0.15, -0.1) is 23.7 Å². The molecule has 0 atom stereocenters. The fourth-order valence-electron chi connectivity index (χ4n) is 2.27. The third-order valence-electron chi connectivity index (χ3n) is 3.30. The van der Waals surface area contributed by atoms with Crippen molar-refractivity contribution in [2.45, 2.75) is 32.2 Å². The second-order valence-electron chi connectivity index (χ2n) is 4.74. The first kappa shape index (κ1) is 17.9. The van der Waals surface area contributed by atoms with Crippen LogP contribution in [-0.4, -0.2) is 52.7 Å². The maximum atomic E-state index is 12.5. The minimum absolute atomic E-state index is 0. The van der Waals surface area contributed by atoms with Gasteiger partial charge < -0.3 is 14.7 Å². The Balaban J connectivity index is 0.00000220. The number of aryl methyl sites for hydroxylation is 1. The van der Waals surface area contributed by atoms with Gasteiger partial charge in [0.2, 0.25) is 0 Å². The molecule has 1 N–H and O–H groups in total. The van der Waals surface area contributed by atoms with Gasteiger partial charge in [-0.2, -0.15) is 0 Å². The van der Waals surface area contributed by atoms with Gasteiger partial charge in [-0.3, -0.25) is 9.59 Å². The number of nitrogens with zero attached hydrogens (tertiary/aromatic N) is 2. The Labute approximate surface area is 133 Å². The third-order valence-corrected chi connectivity index (χ3v) is 4.07. The second kappa shape index (κ2) is 8.31. The van der Waals surface area contributed by atoms with Crippen LogP contribution in [0, 0.1) is 6.92 Å². The van der Waals surface area contributed by atoms with Gasteiger partial charge in [0, 0.05) is 31.2 Å². The van der Waals surface area contributed by atoms with Crippen LogP contribution in [0.3, 0.4) is 0 Å². The number of carbonyl (C=O) groups is 2. The molecule has 0 aliphatic carbocycles. The molecule has 2 heterocycles. The number of rotatable bonds is 5. The number of carboxylic acids is 1. The van der Waals surface area contributed by atoms with E-state index in [2.05, 4.69) is 4.98 Å². The van der Waals surface area contributed by atoms with E-state index in [1.54, 1.807) is 10.3 Å². The fraction of sp³-hybridized carbons (Fsp3) is 0.615. The van der Waals surface area contributed by atoms with Crippen molar-refractivity contribution < 1.29 is 19.4 Å². The monoisotopic (exact) mass is 334 g/mol. The molecule has 1 aromatic heterocycles. The van der Waals surface area contributed by atoms with Gasteiger partial charge in [0.15, 0.2) is 0 Å². The zero-order chi connectivity index (χ0) is 14.5. The molecule has 1 saturated heterocycles. The zero-order valence-electron chi connectivity index (χ0n) is 11.8. The number of carbonyl (C=O) groups excluding carboxylic acids is 1. The summed E-state index contributed by atoms with van der Waals surface area (Å²) in [6.45, 7) is 3.28. The molecule has 1 aliphatic rings. The Hall–Kier alpha value is -1.18. The van der Waals surface area contributed by atoms with Crippen LogP contribution in [0.15, 0.2) is 5.38 Å². The fourth-order valence-corrected chi connectivity index (χ4v) is 2.86.